The summed E-state index contributed by atoms with van der Waals surface area (Å²) in [5, 5.41) is 0. The summed E-state index contributed by atoms with van der Waals surface area (Å²) < 4.78 is 49.0. The van der Waals surface area contributed by atoms with Gasteiger partial charge in [-0.15, -0.1) is 0 Å². The van der Waals surface area contributed by atoms with Gasteiger partial charge in [-0.25, -0.2) is 0 Å². The number of rotatable bonds is 14. The molecule has 0 spiro atoms. The zero-order valence-electron chi connectivity index (χ0n) is 14.0. The normalized spacial score (nSPS) is 14.3. The highest BCUT2D eigenvalue weighted by atomic mass is 31.2. The molecule has 19 heteroatoms. The average molecular weight is 480 g/mol. The van der Waals surface area contributed by atoms with Gasteiger partial charge in [-0.1, -0.05) is 0 Å². The van der Waals surface area contributed by atoms with E-state index in [1.807, 2.05) is 0 Å². The first kappa shape index (κ1) is 27.5. The first-order chi connectivity index (χ1) is 11.9. The van der Waals surface area contributed by atoms with Crippen molar-refractivity contribution in [3.05, 3.63) is 0 Å². The van der Waals surface area contributed by atoms with Crippen LogP contribution in [0.2, 0.25) is 0 Å². The topological polar surface area (TPSA) is 246 Å². The molecule has 0 amide bonds. The van der Waals surface area contributed by atoms with Crippen molar-refractivity contribution >= 4 is 30.4 Å². The predicted octanol–water partition coefficient (Wildman–Crippen LogP) is -1.85. The van der Waals surface area contributed by atoms with Gasteiger partial charge in [0.05, 0.1) is 13.2 Å². The number of hydrogen-bond acceptors (Lipinski definition) is 7. The van der Waals surface area contributed by atoms with Gasteiger partial charge in [0, 0.05) is 13.1 Å². The zero-order chi connectivity index (χ0) is 21.5. The van der Waals surface area contributed by atoms with Crippen molar-refractivity contribution in [1.82, 2.24) is 9.80 Å². The van der Waals surface area contributed by atoms with Crippen LogP contribution < -0.4 is 0 Å². The van der Waals surface area contributed by atoms with Crippen molar-refractivity contribution in [2.75, 3.05) is 51.4 Å². The minimum atomic E-state index is -4.58. The van der Waals surface area contributed by atoms with E-state index >= 15 is 0 Å². The Labute approximate surface area is 154 Å². The van der Waals surface area contributed by atoms with Crippen LogP contribution in [0.5, 0.6) is 0 Å². The molecule has 0 saturated heterocycles. The van der Waals surface area contributed by atoms with Gasteiger partial charge < -0.3 is 43.9 Å². The Morgan fingerprint density at radius 3 is 0.926 bits per heavy atom. The van der Waals surface area contributed by atoms with E-state index in [4.69, 9.17) is 43.9 Å². The molecule has 0 aromatic rings. The van der Waals surface area contributed by atoms with Crippen molar-refractivity contribution in [2.24, 2.45) is 0 Å². The number of nitrogens with zero attached hydrogens (tertiary/aromatic N) is 2. The molecule has 0 atom stereocenters. The molecule has 0 aromatic carbocycles. The summed E-state index contributed by atoms with van der Waals surface area (Å²) in [6.45, 7) is -1.04. The van der Waals surface area contributed by atoms with E-state index in [0.717, 1.165) is 9.80 Å². The van der Waals surface area contributed by atoms with Gasteiger partial charge in [0.15, 0.2) is 0 Å². The van der Waals surface area contributed by atoms with E-state index in [2.05, 4.69) is 0 Å². The summed E-state index contributed by atoms with van der Waals surface area (Å²) in [5.41, 5.74) is 0. The maximum Gasteiger partial charge on any atom is 0.339 e. The first-order valence-corrected chi connectivity index (χ1v) is 14.3. The van der Waals surface area contributed by atoms with E-state index in [0.29, 0.717) is 0 Å². The summed E-state index contributed by atoms with van der Waals surface area (Å²) in [5.74, 6) is 0. The molecule has 0 aliphatic heterocycles. The molecule has 27 heavy (non-hydrogen) atoms. The Balaban J connectivity index is 4.54. The number of hydrogen-bond donors (Lipinski definition) is 8. The van der Waals surface area contributed by atoms with Crippen LogP contribution in [0.4, 0.5) is 0 Å². The van der Waals surface area contributed by atoms with Crippen molar-refractivity contribution in [2.45, 2.75) is 0 Å². The standard InChI is InChI=1S/C8H24N2O13P4/c11-24(12,13)5-9(6-25(14,15)16)1-3-23-4-2-10(7-26(17,18)19)8-27(20,21)22/h1-8H2,(H2,11,12,13)(H2,14,15,16)(H2,17,18,19)(H2,20,21,22). The van der Waals surface area contributed by atoms with Gasteiger partial charge in [-0.3, -0.25) is 28.1 Å². The Kier molecular flexibility index (Phi) is 11.2. The molecule has 8 N–H and O–H groups in total. The van der Waals surface area contributed by atoms with Crippen LogP contribution in [0.3, 0.4) is 0 Å². The SMILES string of the molecule is O=P(O)(O)CN(CCOCCN(CP(=O)(O)O)CP(=O)(O)O)CP(=O)(O)O. The molecular formula is C8H24N2O13P4. The van der Waals surface area contributed by atoms with Crippen LogP contribution in [0, 0.1) is 0 Å². The minimum Gasteiger partial charge on any atom is -0.379 e. The lowest BCUT2D eigenvalue weighted by atomic mass is 10.6. The summed E-state index contributed by atoms with van der Waals surface area (Å²) in [7, 11) is -18.3. The third kappa shape index (κ3) is 19.6. The molecule has 0 unspecified atom stereocenters. The van der Waals surface area contributed by atoms with Crippen LogP contribution in [0.15, 0.2) is 0 Å². The molecule has 0 aliphatic rings. The quantitative estimate of drug-likeness (QED) is 0.100. The average Bonchev–Trinajstić information content (AvgIpc) is 2.29. The summed E-state index contributed by atoms with van der Waals surface area (Å²) >= 11 is 0. The van der Waals surface area contributed by atoms with Crippen molar-refractivity contribution < 1.29 is 62.1 Å². The number of ether oxygens (including phenoxy) is 1. The fraction of sp³-hybridized carbons (Fsp3) is 1.00. The third-order valence-electron chi connectivity index (χ3n) is 2.64. The molecule has 0 rings (SSSR count). The summed E-state index contributed by atoms with van der Waals surface area (Å²) in [6.07, 6.45) is -3.65. The van der Waals surface area contributed by atoms with Gasteiger partial charge in [-0.2, -0.15) is 0 Å². The Morgan fingerprint density at radius 2 is 0.741 bits per heavy atom. The van der Waals surface area contributed by atoms with Crippen molar-refractivity contribution in [3.8, 4) is 0 Å². The Hall–Kier alpha value is 0.480. The molecular weight excluding hydrogens is 456 g/mol. The second kappa shape index (κ2) is 11.0. The Morgan fingerprint density at radius 1 is 0.519 bits per heavy atom. The third-order valence-corrected chi connectivity index (χ3v) is 5.71. The summed E-state index contributed by atoms with van der Waals surface area (Å²) in [6, 6.07) is 0. The predicted molar refractivity (Wildman–Crippen MR) is 91.9 cm³/mol. The van der Waals surface area contributed by atoms with Crippen LogP contribution in [0.25, 0.3) is 0 Å². The van der Waals surface area contributed by atoms with Crippen LogP contribution in [-0.2, 0) is 23.0 Å². The lowest BCUT2D eigenvalue weighted by Crippen LogP contribution is -2.32. The van der Waals surface area contributed by atoms with Gasteiger partial charge >= 0.3 is 30.4 Å². The monoisotopic (exact) mass is 480 g/mol. The lowest BCUT2D eigenvalue weighted by Gasteiger charge is -2.24. The van der Waals surface area contributed by atoms with Crippen LogP contribution >= 0.6 is 30.4 Å². The molecule has 0 bridgehead atoms. The highest BCUT2D eigenvalue weighted by molar-refractivity contribution is 7.53. The molecule has 164 valence electrons. The molecule has 0 heterocycles. The second-order valence-corrected chi connectivity index (χ2v) is 12.1. The minimum absolute atomic E-state index is 0.250. The van der Waals surface area contributed by atoms with E-state index in [9.17, 15) is 18.3 Å². The van der Waals surface area contributed by atoms with Gasteiger partial charge in [0.25, 0.3) is 0 Å². The maximum absolute atomic E-state index is 11.0. The largest absolute Gasteiger partial charge is 0.379 e. The van der Waals surface area contributed by atoms with Crippen LogP contribution in [0.1, 0.15) is 0 Å². The fourth-order valence-electron chi connectivity index (χ4n) is 1.90. The molecule has 0 radical (unpaired) electrons. The first-order valence-electron chi connectivity index (χ1n) is 7.07. The van der Waals surface area contributed by atoms with Gasteiger partial charge in [0.2, 0.25) is 0 Å². The second-order valence-electron chi connectivity index (χ2n) is 5.63. The van der Waals surface area contributed by atoms with Crippen LogP contribution in [-0.4, -0.2) is 100 Å². The highest BCUT2D eigenvalue weighted by Gasteiger charge is 2.27. The van der Waals surface area contributed by atoms with Gasteiger partial charge in [0.1, 0.15) is 25.1 Å². The lowest BCUT2D eigenvalue weighted by molar-refractivity contribution is 0.0933. The highest BCUT2D eigenvalue weighted by Crippen LogP contribution is 2.41. The van der Waals surface area contributed by atoms with Crippen molar-refractivity contribution in [3.63, 3.8) is 0 Å². The van der Waals surface area contributed by atoms with E-state index < -0.39 is 55.5 Å². The molecule has 0 aromatic heterocycles. The van der Waals surface area contributed by atoms with E-state index in [1.165, 1.54) is 0 Å². The van der Waals surface area contributed by atoms with E-state index in [-0.39, 0.29) is 26.3 Å². The molecule has 0 aliphatic carbocycles. The Bertz CT molecular complexity index is 532. The maximum atomic E-state index is 11.0. The molecule has 0 saturated carbocycles. The molecule has 15 nitrogen and oxygen atoms in total. The van der Waals surface area contributed by atoms with E-state index in [1.54, 1.807) is 0 Å². The molecule has 0 fully saturated rings. The van der Waals surface area contributed by atoms with Gasteiger partial charge in [-0.05, 0) is 0 Å². The fourth-order valence-corrected chi connectivity index (χ4v) is 5.27. The smallest absolute Gasteiger partial charge is 0.339 e. The van der Waals surface area contributed by atoms with Crippen molar-refractivity contribution in [1.29, 1.82) is 0 Å². The summed E-state index contributed by atoms with van der Waals surface area (Å²) in [4.78, 5) is 72.8. The zero-order valence-corrected chi connectivity index (χ0v) is 17.5.